The first-order valence-corrected chi connectivity index (χ1v) is 7.10. The number of hydrogen-bond acceptors (Lipinski definition) is 1. The van der Waals surface area contributed by atoms with Gasteiger partial charge in [0.2, 0.25) is 0 Å². The molecule has 0 saturated carbocycles. The molecule has 2 aromatic carbocycles. The Hall–Kier alpha value is -1.38. The van der Waals surface area contributed by atoms with Gasteiger partial charge < -0.3 is 5.11 Å². The molecule has 1 N–H and O–H groups in total. The Bertz CT molecular complexity index is 583. The number of aryl methyl sites for hydroxylation is 2. The van der Waals surface area contributed by atoms with Crippen LogP contribution in [-0.4, -0.2) is 11.2 Å². The minimum atomic E-state index is -0.551. The van der Waals surface area contributed by atoms with Crippen molar-refractivity contribution in [2.75, 3.05) is 0 Å². The molecule has 3 heteroatoms. The fraction of sp³-hybridized carbons (Fsp3) is 0.294. The normalized spacial score (nSPS) is 12.4. The van der Waals surface area contributed by atoms with Gasteiger partial charge in [-0.2, -0.15) is 0 Å². The molecule has 0 amide bonds. The number of aliphatic hydroxyl groups excluding tert-OH is 1. The fourth-order valence-corrected chi connectivity index (χ4v) is 2.41. The lowest BCUT2D eigenvalue weighted by Gasteiger charge is -2.12. The van der Waals surface area contributed by atoms with Gasteiger partial charge in [0.25, 0.3) is 0 Å². The molecule has 1 nitrogen and oxygen atoms in total. The minimum Gasteiger partial charge on any atom is -0.393 e. The summed E-state index contributed by atoms with van der Waals surface area (Å²) in [5.74, 6) is -0.354. The van der Waals surface area contributed by atoms with Crippen molar-refractivity contribution >= 4 is 11.6 Å². The van der Waals surface area contributed by atoms with Crippen LogP contribution in [0.4, 0.5) is 4.39 Å². The van der Waals surface area contributed by atoms with Crippen LogP contribution in [-0.2, 0) is 12.8 Å². The molecule has 0 heterocycles. The van der Waals surface area contributed by atoms with Crippen LogP contribution in [0.5, 0.6) is 0 Å². The molecule has 1 unspecified atom stereocenters. The molecule has 20 heavy (non-hydrogen) atoms. The Labute approximate surface area is 124 Å². The molecular weight excluding hydrogens is 275 g/mol. The number of halogens is 2. The highest BCUT2D eigenvalue weighted by molar-refractivity contribution is 6.30. The van der Waals surface area contributed by atoms with Gasteiger partial charge in [-0.25, -0.2) is 4.39 Å². The molecule has 0 saturated heterocycles. The highest BCUT2D eigenvalue weighted by Gasteiger charge is 2.10. The first kappa shape index (κ1) is 15.0. The summed E-state index contributed by atoms with van der Waals surface area (Å²) < 4.78 is 13.6. The molecule has 0 radical (unpaired) electrons. The smallest absolute Gasteiger partial charge is 0.127 e. The maximum absolute atomic E-state index is 13.6. The third-order valence-corrected chi connectivity index (χ3v) is 3.71. The van der Waals surface area contributed by atoms with Crippen LogP contribution >= 0.6 is 11.6 Å². The zero-order valence-electron chi connectivity index (χ0n) is 11.4. The molecule has 0 spiro atoms. The summed E-state index contributed by atoms with van der Waals surface area (Å²) in [4.78, 5) is 0. The molecule has 2 rings (SSSR count). The van der Waals surface area contributed by atoms with Crippen molar-refractivity contribution in [3.8, 4) is 0 Å². The van der Waals surface area contributed by atoms with Gasteiger partial charge in [0.15, 0.2) is 0 Å². The van der Waals surface area contributed by atoms with E-state index in [1.54, 1.807) is 12.1 Å². The van der Waals surface area contributed by atoms with Gasteiger partial charge in [-0.1, -0.05) is 41.9 Å². The largest absolute Gasteiger partial charge is 0.393 e. The molecule has 0 aromatic heterocycles. The van der Waals surface area contributed by atoms with Crippen LogP contribution in [0.3, 0.4) is 0 Å². The lowest BCUT2D eigenvalue weighted by molar-refractivity contribution is 0.164. The maximum atomic E-state index is 13.6. The van der Waals surface area contributed by atoms with E-state index < -0.39 is 6.10 Å². The molecule has 0 aliphatic rings. The van der Waals surface area contributed by atoms with Gasteiger partial charge in [0, 0.05) is 11.4 Å². The summed E-state index contributed by atoms with van der Waals surface area (Å²) in [5.41, 5.74) is 2.95. The molecule has 106 valence electrons. The second-order valence-corrected chi connectivity index (χ2v) is 5.50. The van der Waals surface area contributed by atoms with Crippen molar-refractivity contribution in [2.24, 2.45) is 0 Å². The van der Waals surface area contributed by atoms with E-state index in [2.05, 4.69) is 19.1 Å². The first-order chi connectivity index (χ1) is 9.56. The quantitative estimate of drug-likeness (QED) is 0.870. The maximum Gasteiger partial charge on any atom is 0.127 e. The standard InChI is InChI=1S/C17H18ClFO/c1-12-4-2-3-5-13(12)7-9-16(20)10-14-6-8-15(18)11-17(14)19/h2-6,8,11,16,20H,7,9-10H2,1H3. The lowest BCUT2D eigenvalue weighted by atomic mass is 9.98. The third-order valence-electron chi connectivity index (χ3n) is 3.48. The summed E-state index contributed by atoms with van der Waals surface area (Å²) in [6.45, 7) is 2.06. The monoisotopic (exact) mass is 292 g/mol. The predicted octanol–water partition coefficient (Wildman–Crippen LogP) is 4.32. The van der Waals surface area contributed by atoms with E-state index in [4.69, 9.17) is 11.6 Å². The van der Waals surface area contributed by atoms with Crippen molar-refractivity contribution in [1.29, 1.82) is 0 Å². The number of rotatable bonds is 5. The average Bonchev–Trinajstić information content (AvgIpc) is 2.41. The van der Waals surface area contributed by atoms with Crippen LogP contribution < -0.4 is 0 Å². The highest BCUT2D eigenvalue weighted by atomic mass is 35.5. The zero-order chi connectivity index (χ0) is 14.5. The van der Waals surface area contributed by atoms with E-state index >= 15 is 0 Å². The molecule has 2 aromatic rings. The van der Waals surface area contributed by atoms with Gasteiger partial charge >= 0.3 is 0 Å². The van der Waals surface area contributed by atoms with E-state index in [0.29, 0.717) is 23.4 Å². The Morgan fingerprint density at radius 2 is 1.90 bits per heavy atom. The second kappa shape index (κ2) is 6.87. The summed E-state index contributed by atoms with van der Waals surface area (Å²) in [6, 6.07) is 12.7. The molecule has 0 fully saturated rings. The Morgan fingerprint density at radius 3 is 2.60 bits per heavy atom. The van der Waals surface area contributed by atoms with Gasteiger partial charge in [0.1, 0.15) is 5.82 Å². The van der Waals surface area contributed by atoms with Crippen LogP contribution in [0.2, 0.25) is 5.02 Å². The fourth-order valence-electron chi connectivity index (χ4n) is 2.26. The molecule has 1 atom stereocenters. The van der Waals surface area contributed by atoms with Crippen molar-refractivity contribution in [3.05, 3.63) is 70.0 Å². The van der Waals surface area contributed by atoms with Crippen LogP contribution in [0.25, 0.3) is 0 Å². The number of hydrogen-bond donors (Lipinski definition) is 1. The lowest BCUT2D eigenvalue weighted by Crippen LogP contribution is -2.13. The minimum absolute atomic E-state index is 0.314. The van der Waals surface area contributed by atoms with Crippen molar-refractivity contribution < 1.29 is 9.50 Å². The summed E-state index contributed by atoms with van der Waals surface area (Å²) in [6.07, 6.45) is 1.18. The summed E-state index contributed by atoms with van der Waals surface area (Å²) >= 11 is 5.71. The highest BCUT2D eigenvalue weighted by Crippen LogP contribution is 2.18. The van der Waals surface area contributed by atoms with Crippen LogP contribution in [0, 0.1) is 12.7 Å². The Balaban J connectivity index is 1.92. The van der Waals surface area contributed by atoms with Crippen LogP contribution in [0.1, 0.15) is 23.1 Å². The van der Waals surface area contributed by atoms with Crippen molar-refractivity contribution in [1.82, 2.24) is 0 Å². The van der Waals surface area contributed by atoms with E-state index in [1.807, 2.05) is 12.1 Å². The first-order valence-electron chi connectivity index (χ1n) is 6.73. The van der Waals surface area contributed by atoms with Gasteiger partial charge in [0.05, 0.1) is 6.10 Å². The van der Waals surface area contributed by atoms with Gasteiger partial charge in [-0.3, -0.25) is 0 Å². The average molecular weight is 293 g/mol. The summed E-state index contributed by atoms with van der Waals surface area (Å²) in [5, 5.41) is 10.4. The SMILES string of the molecule is Cc1ccccc1CCC(O)Cc1ccc(Cl)cc1F. The zero-order valence-corrected chi connectivity index (χ0v) is 12.2. The molecule has 0 aliphatic carbocycles. The van der Waals surface area contributed by atoms with Gasteiger partial charge in [-0.15, -0.1) is 0 Å². The topological polar surface area (TPSA) is 20.2 Å². The summed E-state index contributed by atoms with van der Waals surface area (Å²) in [7, 11) is 0. The third kappa shape index (κ3) is 4.06. The number of aliphatic hydroxyl groups is 1. The van der Waals surface area contributed by atoms with Crippen molar-refractivity contribution in [3.63, 3.8) is 0 Å². The predicted molar refractivity (Wildman–Crippen MR) is 80.6 cm³/mol. The van der Waals surface area contributed by atoms with E-state index in [0.717, 1.165) is 6.42 Å². The van der Waals surface area contributed by atoms with E-state index in [-0.39, 0.29) is 5.82 Å². The Kier molecular flexibility index (Phi) is 5.16. The van der Waals surface area contributed by atoms with Gasteiger partial charge in [-0.05, 0) is 48.6 Å². The number of benzene rings is 2. The molecular formula is C17H18ClFO. The van der Waals surface area contributed by atoms with Crippen molar-refractivity contribution in [2.45, 2.75) is 32.3 Å². The van der Waals surface area contributed by atoms with E-state index in [1.165, 1.54) is 17.2 Å². The van der Waals surface area contributed by atoms with Crippen LogP contribution in [0.15, 0.2) is 42.5 Å². The molecule has 0 bridgehead atoms. The Morgan fingerprint density at radius 1 is 1.15 bits per heavy atom. The second-order valence-electron chi connectivity index (χ2n) is 5.06. The van der Waals surface area contributed by atoms with E-state index in [9.17, 15) is 9.50 Å². The molecule has 0 aliphatic heterocycles.